The molecule has 5 fully saturated rings. The molecule has 5 aliphatic carbocycles. The zero-order valence-electron chi connectivity index (χ0n) is 13.3. The van der Waals surface area contributed by atoms with Crippen molar-refractivity contribution in [2.75, 3.05) is 0 Å². The Morgan fingerprint density at radius 2 is 1.59 bits per heavy atom. The van der Waals surface area contributed by atoms with E-state index < -0.39 is 11.4 Å². The summed E-state index contributed by atoms with van der Waals surface area (Å²) in [6, 6.07) is 0. The average molecular weight is 305 g/mol. The fourth-order valence-electron chi connectivity index (χ4n) is 5.71. The van der Waals surface area contributed by atoms with Gasteiger partial charge in [-0.25, -0.2) is 0 Å². The molecule has 4 nitrogen and oxygen atoms in total. The monoisotopic (exact) mass is 305 g/mol. The minimum atomic E-state index is -0.629. The van der Waals surface area contributed by atoms with Gasteiger partial charge in [0.1, 0.15) is 0 Å². The fourth-order valence-corrected chi connectivity index (χ4v) is 5.71. The van der Waals surface area contributed by atoms with Crippen LogP contribution in [0.1, 0.15) is 70.6 Å². The lowest BCUT2D eigenvalue weighted by molar-refractivity contribution is -0.157. The molecule has 3 atom stereocenters. The van der Waals surface area contributed by atoms with Crippen LogP contribution in [0.25, 0.3) is 0 Å². The van der Waals surface area contributed by atoms with Crippen LogP contribution in [0.5, 0.6) is 0 Å². The minimum Gasteiger partial charge on any atom is -0.481 e. The Hall–Kier alpha value is -1.06. The van der Waals surface area contributed by atoms with E-state index in [2.05, 4.69) is 5.32 Å². The van der Waals surface area contributed by atoms with Crippen molar-refractivity contribution in [1.82, 2.24) is 5.32 Å². The van der Waals surface area contributed by atoms with Crippen LogP contribution >= 0.6 is 0 Å². The predicted molar refractivity (Wildman–Crippen MR) is 82.2 cm³/mol. The topological polar surface area (TPSA) is 66.4 Å². The van der Waals surface area contributed by atoms with Gasteiger partial charge in [-0.2, -0.15) is 0 Å². The first-order valence-electron chi connectivity index (χ1n) is 9.09. The molecule has 5 rings (SSSR count). The third kappa shape index (κ3) is 2.10. The second-order valence-corrected chi connectivity index (χ2v) is 8.41. The normalized spacial score (nSPS) is 46.5. The summed E-state index contributed by atoms with van der Waals surface area (Å²) in [6.45, 7) is 0. The molecule has 4 heteroatoms. The van der Waals surface area contributed by atoms with Gasteiger partial charge in [-0.05, 0) is 63.2 Å². The first kappa shape index (κ1) is 14.5. The van der Waals surface area contributed by atoms with Gasteiger partial charge >= 0.3 is 5.97 Å². The van der Waals surface area contributed by atoms with Crippen LogP contribution in [-0.4, -0.2) is 22.5 Å². The molecule has 2 bridgehead atoms. The maximum Gasteiger partial charge on any atom is 0.309 e. The van der Waals surface area contributed by atoms with Gasteiger partial charge in [0.15, 0.2) is 0 Å². The summed E-state index contributed by atoms with van der Waals surface area (Å²) >= 11 is 0. The number of aliphatic carboxylic acids is 1. The summed E-state index contributed by atoms with van der Waals surface area (Å²) in [6.07, 6.45) is 11.0. The van der Waals surface area contributed by atoms with Crippen molar-refractivity contribution in [1.29, 1.82) is 0 Å². The number of nitrogens with one attached hydrogen (secondary N) is 1. The van der Waals surface area contributed by atoms with E-state index in [1.54, 1.807) is 0 Å². The highest BCUT2D eigenvalue weighted by atomic mass is 16.4. The number of rotatable bonds is 3. The van der Waals surface area contributed by atoms with Crippen LogP contribution in [0.2, 0.25) is 0 Å². The lowest BCUT2D eigenvalue weighted by atomic mass is 9.56. The number of fused-ring (bicyclic) bond motifs is 4. The molecular weight excluding hydrogens is 278 g/mol. The van der Waals surface area contributed by atoms with Crippen LogP contribution in [0.3, 0.4) is 0 Å². The third-order valence-corrected chi connectivity index (χ3v) is 7.47. The average Bonchev–Trinajstić information content (AvgIpc) is 2.50. The van der Waals surface area contributed by atoms with Crippen LogP contribution < -0.4 is 5.32 Å². The lowest BCUT2D eigenvalue weighted by Crippen LogP contribution is -2.61. The summed E-state index contributed by atoms with van der Waals surface area (Å²) in [7, 11) is 0. The molecule has 0 aromatic rings. The molecule has 5 saturated carbocycles. The lowest BCUT2D eigenvalue weighted by Gasteiger charge is -2.53. The van der Waals surface area contributed by atoms with Gasteiger partial charge in [0.2, 0.25) is 5.91 Å². The first-order chi connectivity index (χ1) is 10.5. The van der Waals surface area contributed by atoms with E-state index in [0.717, 1.165) is 50.9 Å². The molecule has 0 unspecified atom stereocenters. The second-order valence-electron chi connectivity index (χ2n) is 8.41. The Bertz CT molecular complexity index is 476. The molecular formula is C18H27NO3. The Morgan fingerprint density at radius 1 is 0.955 bits per heavy atom. The quantitative estimate of drug-likeness (QED) is 0.842. The van der Waals surface area contributed by atoms with Crippen molar-refractivity contribution in [2.24, 2.45) is 23.2 Å². The minimum absolute atomic E-state index is 0.0892. The smallest absolute Gasteiger partial charge is 0.309 e. The van der Waals surface area contributed by atoms with E-state index in [4.69, 9.17) is 0 Å². The zero-order valence-corrected chi connectivity index (χ0v) is 13.3. The summed E-state index contributed by atoms with van der Waals surface area (Å²) in [4.78, 5) is 24.2. The van der Waals surface area contributed by atoms with Gasteiger partial charge in [0, 0.05) is 11.5 Å². The van der Waals surface area contributed by atoms with E-state index in [-0.39, 0.29) is 17.4 Å². The standard InChI is InChI=1S/C18H27NO3/c20-15(14-11-12-3-1-2-4-13(12)14)19-18-8-5-17(6-9-18,7-10-18)16(21)22/h12-14H,1-11H2,(H,19,20)(H,21,22)/t12-,13-,14+,17?,18?/m0/s1. The summed E-state index contributed by atoms with van der Waals surface area (Å²) in [5, 5.41) is 12.8. The molecule has 0 radical (unpaired) electrons. The number of amides is 1. The van der Waals surface area contributed by atoms with E-state index in [1.165, 1.54) is 25.7 Å². The van der Waals surface area contributed by atoms with Crippen LogP contribution in [0.4, 0.5) is 0 Å². The van der Waals surface area contributed by atoms with Crippen molar-refractivity contribution in [3.63, 3.8) is 0 Å². The van der Waals surface area contributed by atoms with Crippen molar-refractivity contribution < 1.29 is 14.7 Å². The highest BCUT2D eigenvalue weighted by Crippen LogP contribution is 2.54. The van der Waals surface area contributed by atoms with Gasteiger partial charge in [-0.1, -0.05) is 19.3 Å². The summed E-state index contributed by atoms with van der Waals surface area (Å²) in [5.41, 5.74) is -0.578. The van der Waals surface area contributed by atoms with Gasteiger partial charge in [0.25, 0.3) is 0 Å². The number of hydrogen-bond donors (Lipinski definition) is 2. The molecule has 0 aliphatic heterocycles. The molecule has 2 N–H and O–H groups in total. The van der Waals surface area contributed by atoms with Gasteiger partial charge in [-0.15, -0.1) is 0 Å². The number of carbonyl (C=O) groups excluding carboxylic acids is 1. The van der Waals surface area contributed by atoms with Crippen molar-refractivity contribution in [2.45, 2.75) is 76.2 Å². The Morgan fingerprint density at radius 3 is 2.18 bits per heavy atom. The maximum atomic E-state index is 12.7. The zero-order chi connectivity index (χ0) is 15.4. The molecule has 1 amide bonds. The Balaban J connectivity index is 1.38. The SMILES string of the molecule is O=C(NC12CCC(C(=O)O)(CC1)CC2)[C@@H]1C[C@@H]2CCCC[C@@H]21. The van der Waals surface area contributed by atoms with E-state index in [0.29, 0.717) is 5.92 Å². The molecule has 0 aromatic heterocycles. The third-order valence-electron chi connectivity index (χ3n) is 7.47. The van der Waals surface area contributed by atoms with Gasteiger partial charge in [-0.3, -0.25) is 9.59 Å². The highest BCUT2D eigenvalue weighted by molar-refractivity contribution is 5.81. The maximum absolute atomic E-state index is 12.7. The van der Waals surface area contributed by atoms with E-state index in [1.807, 2.05) is 0 Å². The molecule has 22 heavy (non-hydrogen) atoms. The Kier molecular flexibility index (Phi) is 3.28. The Labute approximate surface area is 132 Å². The van der Waals surface area contributed by atoms with E-state index >= 15 is 0 Å². The van der Waals surface area contributed by atoms with Crippen LogP contribution in [0.15, 0.2) is 0 Å². The number of carboxylic acid groups (broad SMARTS) is 1. The fraction of sp³-hybridized carbons (Fsp3) is 0.889. The van der Waals surface area contributed by atoms with E-state index in [9.17, 15) is 14.7 Å². The number of carboxylic acids is 1. The largest absolute Gasteiger partial charge is 0.481 e. The van der Waals surface area contributed by atoms with Crippen LogP contribution in [-0.2, 0) is 9.59 Å². The molecule has 0 aromatic carbocycles. The number of hydrogen-bond acceptors (Lipinski definition) is 2. The highest BCUT2D eigenvalue weighted by Gasteiger charge is 2.54. The van der Waals surface area contributed by atoms with Gasteiger partial charge < -0.3 is 10.4 Å². The van der Waals surface area contributed by atoms with Crippen molar-refractivity contribution in [3.05, 3.63) is 0 Å². The second kappa shape index (κ2) is 4.97. The van der Waals surface area contributed by atoms with Crippen molar-refractivity contribution >= 4 is 11.9 Å². The number of carbonyl (C=O) groups is 2. The predicted octanol–water partition coefficient (Wildman–Crippen LogP) is 3.11. The van der Waals surface area contributed by atoms with Crippen molar-refractivity contribution in [3.8, 4) is 0 Å². The van der Waals surface area contributed by atoms with Crippen LogP contribution in [0, 0.1) is 23.2 Å². The van der Waals surface area contributed by atoms with Gasteiger partial charge in [0.05, 0.1) is 5.41 Å². The summed E-state index contributed by atoms with van der Waals surface area (Å²) in [5.74, 6) is 1.33. The molecule has 0 saturated heterocycles. The summed E-state index contributed by atoms with van der Waals surface area (Å²) < 4.78 is 0. The molecule has 0 heterocycles. The molecule has 5 aliphatic rings. The molecule has 0 spiro atoms. The molecule has 122 valence electrons. The first-order valence-corrected chi connectivity index (χ1v) is 9.09.